The molecule has 0 unspecified atom stereocenters. The summed E-state index contributed by atoms with van der Waals surface area (Å²) < 4.78 is 1.98. The predicted molar refractivity (Wildman–Crippen MR) is 125 cm³/mol. The Morgan fingerprint density at radius 3 is 2.62 bits per heavy atom. The molecule has 3 aromatic rings. The zero-order valence-electron chi connectivity index (χ0n) is 19.7. The molecule has 1 aromatic carbocycles. The van der Waals surface area contributed by atoms with Crippen LogP contribution in [0.2, 0.25) is 0 Å². The van der Waals surface area contributed by atoms with Gasteiger partial charge in [0.2, 0.25) is 0 Å². The largest absolute Gasteiger partial charge is 0.345 e. The van der Waals surface area contributed by atoms with Gasteiger partial charge in [-0.25, -0.2) is 9.97 Å². The van der Waals surface area contributed by atoms with Crippen molar-refractivity contribution in [1.82, 2.24) is 29.5 Å². The highest BCUT2D eigenvalue weighted by Gasteiger charge is 2.26. The molecule has 0 saturated carbocycles. The number of nitrogens with zero attached hydrogens (tertiary/aromatic N) is 6. The summed E-state index contributed by atoms with van der Waals surface area (Å²) in [6.07, 6.45) is 3.86. The number of hydrogen-bond donors (Lipinski definition) is 0. The number of likely N-dealkylation sites (tertiary alicyclic amines) is 1. The van der Waals surface area contributed by atoms with Gasteiger partial charge in [-0.15, -0.1) is 0 Å². The molecular formula is C25H32N6O. The Balaban J connectivity index is 1.54. The standard InChI is InChI=1S/C25H32N6O/c1-17-21(25(32)29(3)4)14-26-24(27-17)20-12-9-13-31(15-20)16-22-18(2)30(5)28-23(22)19-10-7-6-8-11-19/h6-8,10-11,14,20H,9,12-13,15-16H2,1-5H3/t20-/m0/s1. The zero-order chi connectivity index (χ0) is 22.8. The molecule has 1 saturated heterocycles. The smallest absolute Gasteiger partial charge is 0.256 e. The first-order chi connectivity index (χ1) is 15.3. The van der Waals surface area contributed by atoms with Crippen LogP contribution >= 0.6 is 0 Å². The minimum Gasteiger partial charge on any atom is -0.345 e. The lowest BCUT2D eigenvalue weighted by atomic mass is 9.96. The van der Waals surface area contributed by atoms with E-state index in [-0.39, 0.29) is 11.8 Å². The van der Waals surface area contributed by atoms with Crippen molar-refractivity contribution in [3.8, 4) is 11.3 Å². The first-order valence-electron chi connectivity index (χ1n) is 11.2. The van der Waals surface area contributed by atoms with E-state index < -0.39 is 0 Å². The molecule has 3 heterocycles. The van der Waals surface area contributed by atoms with Gasteiger partial charge in [0.25, 0.3) is 5.91 Å². The molecule has 1 aliphatic heterocycles. The first kappa shape index (κ1) is 22.1. The maximum Gasteiger partial charge on any atom is 0.256 e. The molecule has 0 spiro atoms. The summed E-state index contributed by atoms with van der Waals surface area (Å²) in [5, 5.41) is 4.80. The quantitative estimate of drug-likeness (QED) is 0.617. The zero-order valence-corrected chi connectivity index (χ0v) is 19.7. The van der Waals surface area contributed by atoms with Gasteiger partial charge in [-0.2, -0.15) is 5.10 Å². The number of benzene rings is 1. The lowest BCUT2D eigenvalue weighted by molar-refractivity contribution is 0.0825. The number of piperidine rings is 1. The van der Waals surface area contributed by atoms with Gasteiger partial charge >= 0.3 is 0 Å². The highest BCUT2D eigenvalue weighted by atomic mass is 16.2. The van der Waals surface area contributed by atoms with Crippen LogP contribution in [-0.2, 0) is 13.6 Å². The van der Waals surface area contributed by atoms with Gasteiger partial charge in [0.05, 0.1) is 17.0 Å². The average Bonchev–Trinajstić information content (AvgIpc) is 3.07. The topological polar surface area (TPSA) is 67.2 Å². The summed E-state index contributed by atoms with van der Waals surface area (Å²) in [7, 11) is 5.51. The average molecular weight is 433 g/mol. The van der Waals surface area contributed by atoms with E-state index >= 15 is 0 Å². The molecule has 1 fully saturated rings. The van der Waals surface area contributed by atoms with E-state index in [9.17, 15) is 4.79 Å². The normalized spacial score (nSPS) is 16.8. The predicted octanol–water partition coefficient (Wildman–Crippen LogP) is 3.58. The molecule has 0 aliphatic carbocycles. The van der Waals surface area contributed by atoms with Crippen molar-refractivity contribution in [1.29, 1.82) is 0 Å². The molecule has 168 valence electrons. The second kappa shape index (κ2) is 9.20. The number of amides is 1. The Morgan fingerprint density at radius 2 is 1.94 bits per heavy atom. The number of aryl methyl sites for hydroxylation is 2. The molecule has 1 atom stereocenters. The van der Waals surface area contributed by atoms with E-state index in [2.05, 4.69) is 41.1 Å². The Morgan fingerprint density at radius 1 is 1.19 bits per heavy atom. The van der Waals surface area contributed by atoms with Gasteiger partial charge in [-0.05, 0) is 33.2 Å². The number of carbonyl (C=O) groups excluding carboxylic acids is 1. The second-order valence-electron chi connectivity index (χ2n) is 8.90. The highest BCUT2D eigenvalue weighted by Crippen LogP contribution is 2.30. The molecule has 32 heavy (non-hydrogen) atoms. The Kier molecular flexibility index (Phi) is 6.37. The minimum absolute atomic E-state index is 0.0557. The summed E-state index contributed by atoms with van der Waals surface area (Å²) in [4.78, 5) is 25.7. The van der Waals surface area contributed by atoms with E-state index in [0.717, 1.165) is 55.3 Å². The van der Waals surface area contributed by atoms with Gasteiger partial charge in [-0.3, -0.25) is 14.4 Å². The Labute approximate surface area is 190 Å². The molecule has 0 N–H and O–H groups in total. The fourth-order valence-electron chi connectivity index (χ4n) is 4.44. The first-order valence-corrected chi connectivity index (χ1v) is 11.2. The molecule has 0 radical (unpaired) electrons. The van der Waals surface area contributed by atoms with Crippen molar-refractivity contribution < 1.29 is 4.79 Å². The molecule has 7 heteroatoms. The molecule has 1 amide bonds. The monoisotopic (exact) mass is 432 g/mol. The summed E-state index contributed by atoms with van der Waals surface area (Å²) in [5.74, 6) is 1.05. The van der Waals surface area contributed by atoms with Crippen molar-refractivity contribution in [2.45, 2.75) is 39.2 Å². The van der Waals surface area contributed by atoms with E-state index in [0.29, 0.717) is 5.56 Å². The summed E-state index contributed by atoms with van der Waals surface area (Å²) in [6, 6.07) is 10.4. The van der Waals surface area contributed by atoms with Crippen molar-refractivity contribution >= 4 is 5.91 Å². The van der Waals surface area contributed by atoms with Crippen LogP contribution in [0.1, 0.15) is 51.9 Å². The van der Waals surface area contributed by atoms with E-state index in [1.807, 2.05) is 24.7 Å². The number of rotatable bonds is 5. The third kappa shape index (κ3) is 4.43. The van der Waals surface area contributed by atoms with E-state index in [1.54, 1.807) is 25.2 Å². The maximum absolute atomic E-state index is 12.3. The van der Waals surface area contributed by atoms with Crippen molar-refractivity contribution in [2.75, 3.05) is 27.2 Å². The number of aromatic nitrogens is 4. The Bertz CT molecular complexity index is 1110. The van der Waals surface area contributed by atoms with Crippen molar-refractivity contribution in [3.63, 3.8) is 0 Å². The Hall–Kier alpha value is -3.06. The lowest BCUT2D eigenvalue weighted by Crippen LogP contribution is -2.35. The van der Waals surface area contributed by atoms with Crippen LogP contribution in [0.15, 0.2) is 36.5 Å². The number of hydrogen-bond acceptors (Lipinski definition) is 5. The fourth-order valence-corrected chi connectivity index (χ4v) is 4.44. The summed E-state index contributed by atoms with van der Waals surface area (Å²) in [5.41, 5.74) is 6.02. The molecule has 0 bridgehead atoms. The third-order valence-corrected chi connectivity index (χ3v) is 6.39. The van der Waals surface area contributed by atoms with E-state index in [4.69, 9.17) is 10.1 Å². The minimum atomic E-state index is -0.0557. The fraction of sp³-hybridized carbons (Fsp3) is 0.440. The van der Waals surface area contributed by atoms with Crippen molar-refractivity contribution in [3.05, 3.63) is 64.9 Å². The maximum atomic E-state index is 12.3. The van der Waals surface area contributed by atoms with Crippen molar-refractivity contribution in [2.24, 2.45) is 7.05 Å². The van der Waals surface area contributed by atoms with Gasteiger partial charge in [0, 0.05) is 63.2 Å². The van der Waals surface area contributed by atoms with Gasteiger partial charge < -0.3 is 4.90 Å². The second-order valence-corrected chi connectivity index (χ2v) is 8.90. The van der Waals surface area contributed by atoms with Crippen LogP contribution in [0.25, 0.3) is 11.3 Å². The summed E-state index contributed by atoms with van der Waals surface area (Å²) >= 11 is 0. The highest BCUT2D eigenvalue weighted by molar-refractivity contribution is 5.94. The summed E-state index contributed by atoms with van der Waals surface area (Å²) in [6.45, 7) is 6.85. The van der Waals surface area contributed by atoms with Crippen LogP contribution in [0.3, 0.4) is 0 Å². The molecular weight excluding hydrogens is 400 g/mol. The molecule has 7 nitrogen and oxygen atoms in total. The van der Waals surface area contributed by atoms with Gasteiger partial charge in [-0.1, -0.05) is 30.3 Å². The molecule has 1 aliphatic rings. The molecule has 2 aromatic heterocycles. The van der Waals surface area contributed by atoms with Crippen LogP contribution in [0.5, 0.6) is 0 Å². The van der Waals surface area contributed by atoms with Crippen LogP contribution < -0.4 is 0 Å². The van der Waals surface area contributed by atoms with Crippen LogP contribution in [0, 0.1) is 13.8 Å². The SMILES string of the molecule is Cc1nc([C@H]2CCCN(Cc3c(-c4ccccc4)nn(C)c3C)C2)ncc1C(=O)N(C)C. The van der Waals surface area contributed by atoms with Crippen LogP contribution in [-0.4, -0.2) is 62.6 Å². The van der Waals surface area contributed by atoms with Gasteiger partial charge in [0.15, 0.2) is 0 Å². The molecule has 4 rings (SSSR count). The number of carbonyl (C=O) groups is 1. The third-order valence-electron chi connectivity index (χ3n) is 6.39. The lowest BCUT2D eigenvalue weighted by Gasteiger charge is -2.32. The van der Waals surface area contributed by atoms with Gasteiger partial charge in [0.1, 0.15) is 5.82 Å². The van der Waals surface area contributed by atoms with E-state index in [1.165, 1.54) is 11.3 Å². The van der Waals surface area contributed by atoms with Crippen LogP contribution in [0.4, 0.5) is 0 Å².